The van der Waals surface area contributed by atoms with Gasteiger partial charge in [0.2, 0.25) is 0 Å². The molecule has 2 N–H and O–H groups in total. The third-order valence-corrected chi connectivity index (χ3v) is 6.88. The van der Waals surface area contributed by atoms with Crippen LogP contribution in [0.1, 0.15) is 43.7 Å². The molecule has 0 fully saturated rings. The standard InChI is InChI=1S/C24H23N3OS2/c1-15-8-7-11-20(25-15)26-22(19-12-13-29-14-19)21-16(2)17(3)30-24(21)27-23(28)18-9-5-4-6-10-18/h4-14,22H,1-3H3,(H,25,26)(H,27,28)/t22-/m0/s1. The van der Waals surface area contributed by atoms with E-state index in [1.54, 1.807) is 22.7 Å². The third kappa shape index (κ3) is 4.30. The number of aryl methyl sites for hydroxylation is 2. The zero-order chi connectivity index (χ0) is 21.1. The molecular weight excluding hydrogens is 410 g/mol. The molecule has 3 aromatic heterocycles. The summed E-state index contributed by atoms with van der Waals surface area (Å²) in [6, 6.07) is 17.3. The lowest BCUT2D eigenvalue weighted by molar-refractivity contribution is 0.102. The van der Waals surface area contributed by atoms with Crippen LogP contribution in [0.4, 0.5) is 10.8 Å². The quantitative estimate of drug-likeness (QED) is 0.361. The minimum atomic E-state index is -0.110. The third-order valence-electron chi connectivity index (χ3n) is 5.04. The van der Waals surface area contributed by atoms with Gasteiger partial charge in [-0.05, 0) is 73.0 Å². The van der Waals surface area contributed by atoms with Gasteiger partial charge in [-0.25, -0.2) is 4.98 Å². The number of carbonyl (C=O) groups is 1. The Morgan fingerprint density at radius 3 is 2.50 bits per heavy atom. The van der Waals surface area contributed by atoms with Gasteiger partial charge in [-0.1, -0.05) is 24.3 Å². The van der Waals surface area contributed by atoms with E-state index in [2.05, 4.69) is 46.3 Å². The number of benzene rings is 1. The predicted molar refractivity (Wildman–Crippen MR) is 127 cm³/mol. The summed E-state index contributed by atoms with van der Waals surface area (Å²) in [5, 5.41) is 11.8. The fraction of sp³-hybridized carbons (Fsp3) is 0.167. The van der Waals surface area contributed by atoms with Crippen LogP contribution >= 0.6 is 22.7 Å². The van der Waals surface area contributed by atoms with Crippen molar-refractivity contribution in [2.24, 2.45) is 0 Å². The molecule has 3 heterocycles. The van der Waals surface area contributed by atoms with Gasteiger partial charge in [0, 0.05) is 21.7 Å². The van der Waals surface area contributed by atoms with Crippen molar-refractivity contribution in [1.82, 2.24) is 4.98 Å². The van der Waals surface area contributed by atoms with Gasteiger partial charge in [-0.3, -0.25) is 4.79 Å². The first kappa shape index (κ1) is 20.3. The first-order chi connectivity index (χ1) is 14.5. The van der Waals surface area contributed by atoms with Gasteiger partial charge >= 0.3 is 0 Å². The molecular formula is C24H23N3OS2. The van der Waals surface area contributed by atoms with E-state index >= 15 is 0 Å². The molecule has 0 saturated carbocycles. The van der Waals surface area contributed by atoms with Crippen LogP contribution in [-0.2, 0) is 0 Å². The lowest BCUT2D eigenvalue weighted by Crippen LogP contribution is -2.17. The van der Waals surface area contributed by atoms with Crippen molar-refractivity contribution in [2.75, 3.05) is 10.6 Å². The van der Waals surface area contributed by atoms with Crippen LogP contribution in [0.2, 0.25) is 0 Å². The molecule has 0 aliphatic rings. The van der Waals surface area contributed by atoms with E-state index in [4.69, 9.17) is 0 Å². The largest absolute Gasteiger partial charge is 0.359 e. The zero-order valence-electron chi connectivity index (χ0n) is 17.1. The minimum absolute atomic E-state index is 0.101. The molecule has 1 atom stereocenters. The van der Waals surface area contributed by atoms with Crippen molar-refractivity contribution in [3.63, 3.8) is 0 Å². The lowest BCUT2D eigenvalue weighted by Gasteiger charge is -2.21. The number of thiophene rings is 2. The maximum Gasteiger partial charge on any atom is 0.256 e. The Balaban J connectivity index is 1.74. The average molecular weight is 434 g/mol. The molecule has 0 bridgehead atoms. The Kier molecular flexibility index (Phi) is 5.97. The van der Waals surface area contributed by atoms with Gasteiger partial charge in [0.05, 0.1) is 6.04 Å². The molecule has 0 radical (unpaired) electrons. The highest BCUT2D eigenvalue weighted by Gasteiger charge is 2.25. The summed E-state index contributed by atoms with van der Waals surface area (Å²) < 4.78 is 0. The van der Waals surface area contributed by atoms with E-state index in [9.17, 15) is 4.79 Å². The van der Waals surface area contributed by atoms with E-state index in [-0.39, 0.29) is 11.9 Å². The fourth-order valence-corrected chi connectivity index (χ4v) is 5.16. The summed E-state index contributed by atoms with van der Waals surface area (Å²) in [5.74, 6) is 0.714. The Morgan fingerprint density at radius 2 is 1.80 bits per heavy atom. The molecule has 1 amide bonds. The molecule has 0 aliphatic carbocycles. The Bertz CT molecular complexity index is 1150. The van der Waals surface area contributed by atoms with Crippen LogP contribution in [0.3, 0.4) is 0 Å². The first-order valence-electron chi connectivity index (χ1n) is 9.71. The minimum Gasteiger partial charge on any atom is -0.359 e. The number of hydrogen-bond donors (Lipinski definition) is 2. The van der Waals surface area contributed by atoms with Crippen LogP contribution in [0.25, 0.3) is 0 Å². The summed E-state index contributed by atoms with van der Waals surface area (Å²) in [6.07, 6.45) is 0. The second-order valence-corrected chi connectivity index (χ2v) is 9.15. The van der Waals surface area contributed by atoms with Crippen molar-refractivity contribution in [3.8, 4) is 0 Å². The zero-order valence-corrected chi connectivity index (χ0v) is 18.7. The number of hydrogen-bond acceptors (Lipinski definition) is 5. The highest BCUT2D eigenvalue weighted by atomic mass is 32.1. The van der Waals surface area contributed by atoms with Gasteiger partial charge in [0.15, 0.2) is 0 Å². The summed E-state index contributed by atoms with van der Waals surface area (Å²) in [7, 11) is 0. The summed E-state index contributed by atoms with van der Waals surface area (Å²) >= 11 is 3.28. The average Bonchev–Trinajstić information content (AvgIpc) is 3.36. The molecule has 4 nitrogen and oxygen atoms in total. The Morgan fingerprint density at radius 1 is 1.00 bits per heavy atom. The SMILES string of the molecule is Cc1cccc(N[C@@H](c2ccsc2)c2c(NC(=O)c3ccccc3)sc(C)c2C)n1. The molecule has 1 aromatic carbocycles. The maximum absolute atomic E-state index is 12.9. The summed E-state index contributed by atoms with van der Waals surface area (Å²) in [5.41, 5.74) is 5.02. The van der Waals surface area contributed by atoms with E-state index in [1.807, 2.05) is 55.5 Å². The Labute approximate surface area is 184 Å². The number of nitrogens with zero attached hydrogens (tertiary/aromatic N) is 1. The van der Waals surface area contributed by atoms with E-state index in [0.717, 1.165) is 27.6 Å². The number of aromatic nitrogens is 1. The van der Waals surface area contributed by atoms with Crippen molar-refractivity contribution in [1.29, 1.82) is 0 Å². The number of amides is 1. The summed E-state index contributed by atoms with van der Waals surface area (Å²) in [6.45, 7) is 6.19. The molecule has 0 saturated heterocycles. The molecule has 4 aromatic rings. The molecule has 152 valence electrons. The van der Waals surface area contributed by atoms with E-state index in [1.165, 1.54) is 10.4 Å². The van der Waals surface area contributed by atoms with Crippen LogP contribution in [0.15, 0.2) is 65.4 Å². The molecule has 0 aliphatic heterocycles. The Hall–Kier alpha value is -2.96. The second-order valence-electron chi connectivity index (χ2n) is 7.14. The topological polar surface area (TPSA) is 54.0 Å². The van der Waals surface area contributed by atoms with Gasteiger partial charge in [0.25, 0.3) is 5.91 Å². The highest BCUT2D eigenvalue weighted by Crippen LogP contribution is 2.41. The molecule has 0 unspecified atom stereocenters. The smallest absolute Gasteiger partial charge is 0.256 e. The molecule has 0 spiro atoms. The van der Waals surface area contributed by atoms with Crippen molar-refractivity contribution in [2.45, 2.75) is 26.8 Å². The predicted octanol–water partition coefficient (Wildman–Crippen LogP) is 6.58. The van der Waals surface area contributed by atoms with Crippen LogP contribution in [0.5, 0.6) is 0 Å². The summed E-state index contributed by atoms with van der Waals surface area (Å²) in [4.78, 5) is 18.7. The van der Waals surface area contributed by atoms with Crippen molar-refractivity contribution in [3.05, 3.63) is 98.2 Å². The van der Waals surface area contributed by atoms with Gasteiger partial charge in [-0.15, -0.1) is 11.3 Å². The van der Waals surface area contributed by atoms with E-state index in [0.29, 0.717) is 5.56 Å². The number of rotatable bonds is 6. The van der Waals surface area contributed by atoms with Gasteiger partial charge < -0.3 is 10.6 Å². The monoisotopic (exact) mass is 433 g/mol. The first-order valence-corrected chi connectivity index (χ1v) is 11.5. The second kappa shape index (κ2) is 8.81. The maximum atomic E-state index is 12.9. The number of carbonyl (C=O) groups excluding carboxylic acids is 1. The lowest BCUT2D eigenvalue weighted by atomic mass is 9.98. The number of pyridine rings is 1. The highest BCUT2D eigenvalue weighted by molar-refractivity contribution is 7.16. The molecule has 4 rings (SSSR count). The normalized spacial score (nSPS) is 11.8. The molecule has 30 heavy (non-hydrogen) atoms. The van der Waals surface area contributed by atoms with Crippen LogP contribution in [-0.4, -0.2) is 10.9 Å². The van der Waals surface area contributed by atoms with Crippen LogP contribution in [0, 0.1) is 20.8 Å². The van der Waals surface area contributed by atoms with E-state index < -0.39 is 0 Å². The van der Waals surface area contributed by atoms with Crippen molar-refractivity contribution < 1.29 is 4.79 Å². The van der Waals surface area contributed by atoms with Crippen molar-refractivity contribution >= 4 is 39.4 Å². The van der Waals surface area contributed by atoms with Gasteiger partial charge in [0.1, 0.15) is 10.8 Å². The van der Waals surface area contributed by atoms with Crippen LogP contribution < -0.4 is 10.6 Å². The van der Waals surface area contributed by atoms with Gasteiger partial charge in [-0.2, -0.15) is 11.3 Å². The molecule has 6 heteroatoms. The number of anilines is 2. The number of nitrogens with one attached hydrogen (secondary N) is 2. The fourth-order valence-electron chi connectivity index (χ4n) is 3.38.